The molecule has 0 fully saturated rings. The number of carbonyl (C=O) groups is 1. The Bertz CT molecular complexity index is 878. The molecule has 0 aliphatic rings. The number of hydrogen-bond donors (Lipinski definition) is 1. The maximum Gasteiger partial charge on any atom is 0.245 e. The summed E-state index contributed by atoms with van der Waals surface area (Å²) < 4.78 is 30.6. The van der Waals surface area contributed by atoms with Crippen molar-refractivity contribution < 1.29 is 17.9 Å². The molecule has 6 nitrogen and oxygen atoms in total. The van der Waals surface area contributed by atoms with Gasteiger partial charge in [0.05, 0.1) is 24.7 Å². The van der Waals surface area contributed by atoms with Crippen molar-refractivity contribution in [2.24, 2.45) is 0 Å². The van der Waals surface area contributed by atoms with E-state index in [9.17, 15) is 13.2 Å². The molecule has 2 aromatic carbocycles. The van der Waals surface area contributed by atoms with Crippen molar-refractivity contribution in [3.63, 3.8) is 0 Å². The molecular formula is C18H22N2O4S. The Balaban J connectivity index is 2.25. The van der Waals surface area contributed by atoms with Crippen LogP contribution in [0.15, 0.2) is 42.5 Å². The summed E-state index contributed by atoms with van der Waals surface area (Å²) >= 11 is 0. The molecule has 0 bridgehead atoms. The lowest BCUT2D eigenvalue weighted by atomic mass is 10.1. The number of aryl methyl sites for hydroxylation is 2. The minimum atomic E-state index is -3.61. The van der Waals surface area contributed by atoms with Crippen LogP contribution in [0, 0.1) is 13.8 Å². The fourth-order valence-corrected chi connectivity index (χ4v) is 3.20. The van der Waals surface area contributed by atoms with E-state index in [1.165, 1.54) is 7.11 Å². The standard InChI is InChI=1S/C18H22N2O4S/c1-13-9-10-15(11-14(13)2)20(25(4,22)23)12-18(21)19-16-7-5-6-8-17(16)24-3/h5-11H,12H2,1-4H3,(H,19,21). The van der Waals surface area contributed by atoms with Gasteiger partial charge in [-0.25, -0.2) is 8.42 Å². The van der Waals surface area contributed by atoms with Gasteiger partial charge in [0.2, 0.25) is 15.9 Å². The van der Waals surface area contributed by atoms with Gasteiger partial charge in [-0.3, -0.25) is 9.10 Å². The van der Waals surface area contributed by atoms with Crippen LogP contribution in [0.4, 0.5) is 11.4 Å². The molecule has 2 rings (SSSR count). The zero-order valence-electron chi connectivity index (χ0n) is 14.7. The number of rotatable bonds is 6. The molecule has 1 amide bonds. The highest BCUT2D eigenvalue weighted by atomic mass is 32.2. The van der Waals surface area contributed by atoms with Gasteiger partial charge in [0.15, 0.2) is 0 Å². The monoisotopic (exact) mass is 362 g/mol. The second-order valence-corrected chi connectivity index (χ2v) is 7.69. The first-order valence-corrected chi connectivity index (χ1v) is 9.55. The maximum absolute atomic E-state index is 12.4. The van der Waals surface area contributed by atoms with Crippen LogP contribution in [0.1, 0.15) is 11.1 Å². The molecule has 134 valence electrons. The lowest BCUT2D eigenvalue weighted by molar-refractivity contribution is -0.114. The van der Waals surface area contributed by atoms with Gasteiger partial charge in [-0.15, -0.1) is 0 Å². The predicted molar refractivity (Wildman–Crippen MR) is 99.7 cm³/mol. The van der Waals surface area contributed by atoms with E-state index in [0.29, 0.717) is 17.1 Å². The third kappa shape index (κ3) is 4.73. The normalized spacial score (nSPS) is 11.0. The average molecular weight is 362 g/mol. The van der Waals surface area contributed by atoms with Gasteiger partial charge in [0.1, 0.15) is 12.3 Å². The number of nitrogens with one attached hydrogen (secondary N) is 1. The van der Waals surface area contributed by atoms with Gasteiger partial charge in [-0.05, 0) is 49.2 Å². The molecule has 25 heavy (non-hydrogen) atoms. The van der Waals surface area contributed by atoms with Gasteiger partial charge in [0, 0.05) is 0 Å². The first-order chi connectivity index (χ1) is 11.7. The number of para-hydroxylation sites is 2. The van der Waals surface area contributed by atoms with Crippen LogP contribution in [-0.4, -0.2) is 34.2 Å². The molecule has 0 saturated carbocycles. The number of carbonyl (C=O) groups excluding carboxylic acids is 1. The summed E-state index contributed by atoms with van der Waals surface area (Å²) in [7, 11) is -2.11. The number of sulfonamides is 1. The van der Waals surface area contributed by atoms with Crippen molar-refractivity contribution in [2.45, 2.75) is 13.8 Å². The van der Waals surface area contributed by atoms with Crippen LogP contribution in [0.5, 0.6) is 5.75 Å². The third-order valence-electron chi connectivity index (χ3n) is 3.85. The predicted octanol–water partition coefficient (Wildman–Crippen LogP) is 2.72. The zero-order chi connectivity index (χ0) is 18.6. The highest BCUT2D eigenvalue weighted by molar-refractivity contribution is 7.92. The highest BCUT2D eigenvalue weighted by Gasteiger charge is 2.21. The van der Waals surface area contributed by atoms with E-state index in [2.05, 4.69) is 5.32 Å². The number of methoxy groups -OCH3 is 1. The summed E-state index contributed by atoms with van der Waals surface area (Å²) in [6, 6.07) is 12.2. The number of amides is 1. The Kier molecular flexibility index (Phi) is 5.69. The van der Waals surface area contributed by atoms with Crippen molar-refractivity contribution in [1.82, 2.24) is 0 Å². The Morgan fingerprint density at radius 2 is 1.80 bits per heavy atom. The lowest BCUT2D eigenvalue weighted by Crippen LogP contribution is -2.37. The molecule has 2 aromatic rings. The second kappa shape index (κ2) is 7.57. The molecule has 7 heteroatoms. The fourth-order valence-electron chi connectivity index (χ4n) is 2.35. The minimum Gasteiger partial charge on any atom is -0.495 e. The quantitative estimate of drug-likeness (QED) is 0.857. The van der Waals surface area contributed by atoms with Gasteiger partial charge < -0.3 is 10.1 Å². The number of hydrogen-bond acceptors (Lipinski definition) is 4. The number of nitrogens with zero attached hydrogens (tertiary/aromatic N) is 1. The topological polar surface area (TPSA) is 75.7 Å². The molecule has 0 unspecified atom stereocenters. The average Bonchev–Trinajstić information content (AvgIpc) is 2.55. The molecule has 0 radical (unpaired) electrons. The van der Waals surface area contributed by atoms with Crippen molar-refractivity contribution in [3.05, 3.63) is 53.6 Å². The van der Waals surface area contributed by atoms with E-state index in [0.717, 1.165) is 21.7 Å². The van der Waals surface area contributed by atoms with Crippen molar-refractivity contribution in [3.8, 4) is 5.75 Å². The summed E-state index contributed by atoms with van der Waals surface area (Å²) in [5.41, 5.74) is 2.95. The van der Waals surface area contributed by atoms with Crippen molar-refractivity contribution in [1.29, 1.82) is 0 Å². The van der Waals surface area contributed by atoms with Crippen molar-refractivity contribution >= 4 is 27.3 Å². The highest BCUT2D eigenvalue weighted by Crippen LogP contribution is 2.24. The smallest absolute Gasteiger partial charge is 0.245 e. The van der Waals surface area contributed by atoms with E-state index in [-0.39, 0.29) is 6.54 Å². The zero-order valence-corrected chi connectivity index (χ0v) is 15.6. The molecule has 0 aromatic heterocycles. The van der Waals surface area contributed by atoms with Gasteiger partial charge in [0.25, 0.3) is 0 Å². The number of anilines is 2. The largest absolute Gasteiger partial charge is 0.495 e. The summed E-state index contributed by atoms with van der Waals surface area (Å²) in [6.07, 6.45) is 1.08. The Morgan fingerprint density at radius 1 is 1.12 bits per heavy atom. The van der Waals surface area contributed by atoms with E-state index in [1.54, 1.807) is 36.4 Å². The summed E-state index contributed by atoms with van der Waals surface area (Å²) in [4.78, 5) is 12.4. The molecule has 1 N–H and O–H groups in total. The van der Waals surface area contributed by atoms with E-state index >= 15 is 0 Å². The van der Waals surface area contributed by atoms with Gasteiger partial charge in [-0.2, -0.15) is 0 Å². The fraction of sp³-hybridized carbons (Fsp3) is 0.278. The number of ether oxygens (including phenoxy) is 1. The van der Waals surface area contributed by atoms with Crippen molar-refractivity contribution in [2.75, 3.05) is 29.5 Å². The summed E-state index contributed by atoms with van der Waals surface area (Å²) in [6.45, 7) is 3.52. The van der Waals surface area contributed by atoms with Crippen LogP contribution >= 0.6 is 0 Å². The van der Waals surface area contributed by atoms with Crippen LogP contribution in [-0.2, 0) is 14.8 Å². The van der Waals surface area contributed by atoms with E-state index in [4.69, 9.17) is 4.74 Å². The lowest BCUT2D eigenvalue weighted by Gasteiger charge is -2.23. The SMILES string of the molecule is COc1ccccc1NC(=O)CN(c1ccc(C)c(C)c1)S(C)(=O)=O. The molecule has 0 aliphatic carbocycles. The molecule has 0 saturated heterocycles. The minimum absolute atomic E-state index is 0.320. The molecular weight excluding hydrogens is 340 g/mol. The third-order valence-corrected chi connectivity index (χ3v) is 4.99. The molecule has 0 spiro atoms. The molecule has 0 atom stereocenters. The second-order valence-electron chi connectivity index (χ2n) is 5.79. The summed E-state index contributed by atoms with van der Waals surface area (Å²) in [5, 5.41) is 2.69. The van der Waals surface area contributed by atoms with Gasteiger partial charge >= 0.3 is 0 Å². The van der Waals surface area contributed by atoms with Crippen LogP contribution in [0.2, 0.25) is 0 Å². The summed E-state index contributed by atoms with van der Waals surface area (Å²) in [5.74, 6) is 0.0566. The van der Waals surface area contributed by atoms with E-state index in [1.807, 2.05) is 19.9 Å². The van der Waals surface area contributed by atoms with Gasteiger partial charge in [-0.1, -0.05) is 18.2 Å². The Hall–Kier alpha value is -2.54. The number of benzene rings is 2. The Morgan fingerprint density at radius 3 is 2.40 bits per heavy atom. The first-order valence-electron chi connectivity index (χ1n) is 7.70. The molecule has 0 aliphatic heterocycles. The van der Waals surface area contributed by atoms with E-state index < -0.39 is 15.9 Å². The Labute approximate surface area is 148 Å². The van der Waals surface area contributed by atoms with Crippen LogP contribution in [0.25, 0.3) is 0 Å². The van der Waals surface area contributed by atoms with Crippen LogP contribution < -0.4 is 14.4 Å². The molecule has 0 heterocycles. The van der Waals surface area contributed by atoms with Crippen LogP contribution in [0.3, 0.4) is 0 Å². The first kappa shape index (κ1) is 18.8. The maximum atomic E-state index is 12.4.